The molecule has 102 valence electrons. The van der Waals surface area contributed by atoms with E-state index in [0.29, 0.717) is 0 Å². The second kappa shape index (κ2) is 5.30. The molecule has 1 aromatic heterocycles. The van der Waals surface area contributed by atoms with Crippen LogP contribution in [0.15, 0.2) is 16.6 Å². The van der Waals surface area contributed by atoms with Crippen molar-refractivity contribution in [1.29, 1.82) is 0 Å². The Bertz CT molecular complexity index is 634. The molecule has 0 bridgehead atoms. The molecule has 0 atom stereocenters. The smallest absolute Gasteiger partial charge is 0.336 e. The van der Waals surface area contributed by atoms with Crippen LogP contribution < -0.4 is 0 Å². The zero-order valence-corrected chi connectivity index (χ0v) is 12.7. The average Bonchev–Trinajstić information content (AvgIpc) is 2.62. The third-order valence-electron chi connectivity index (χ3n) is 2.98. The molecule has 0 saturated carbocycles. The second-order valence-electron chi connectivity index (χ2n) is 4.76. The molecule has 2 rings (SSSR count). The Hall–Kier alpha value is -1.40. The van der Waals surface area contributed by atoms with Gasteiger partial charge in [-0.15, -0.1) is 0 Å². The number of aromatic nitrogens is 2. The lowest BCUT2D eigenvalue weighted by Gasteiger charge is -2.10. The van der Waals surface area contributed by atoms with Crippen LogP contribution in [-0.4, -0.2) is 46.4 Å². The van der Waals surface area contributed by atoms with E-state index in [0.717, 1.165) is 34.2 Å². The highest BCUT2D eigenvalue weighted by Gasteiger charge is 2.17. The van der Waals surface area contributed by atoms with E-state index in [-0.39, 0.29) is 5.56 Å². The van der Waals surface area contributed by atoms with Gasteiger partial charge in [-0.1, -0.05) is 15.9 Å². The Kier molecular flexibility index (Phi) is 3.91. The number of aromatic carboxylic acids is 1. The number of aryl methyl sites for hydroxylation is 1. The summed E-state index contributed by atoms with van der Waals surface area (Å²) in [6, 6.07) is 3.53. The molecule has 19 heavy (non-hydrogen) atoms. The highest BCUT2D eigenvalue weighted by molar-refractivity contribution is 9.10. The van der Waals surface area contributed by atoms with E-state index in [9.17, 15) is 9.90 Å². The van der Waals surface area contributed by atoms with Gasteiger partial charge < -0.3 is 10.0 Å². The Morgan fingerprint density at radius 2 is 2.16 bits per heavy atom. The minimum atomic E-state index is -0.929. The van der Waals surface area contributed by atoms with E-state index in [1.807, 2.05) is 31.8 Å². The minimum Gasteiger partial charge on any atom is -0.478 e. The lowest BCUT2D eigenvalue weighted by molar-refractivity contribution is 0.0699. The maximum Gasteiger partial charge on any atom is 0.336 e. The number of hydrogen-bond donors (Lipinski definition) is 1. The Balaban J connectivity index is 2.59. The summed E-state index contributed by atoms with van der Waals surface area (Å²) in [6.07, 6.45) is 0. The number of carboxylic acid groups (broad SMARTS) is 1. The Morgan fingerprint density at radius 1 is 1.47 bits per heavy atom. The largest absolute Gasteiger partial charge is 0.478 e. The van der Waals surface area contributed by atoms with Gasteiger partial charge in [-0.05, 0) is 33.2 Å². The number of rotatable bonds is 4. The monoisotopic (exact) mass is 325 g/mol. The van der Waals surface area contributed by atoms with E-state index in [2.05, 4.69) is 25.9 Å². The fourth-order valence-corrected chi connectivity index (χ4v) is 2.54. The number of hydrogen-bond acceptors (Lipinski definition) is 3. The van der Waals surface area contributed by atoms with Gasteiger partial charge in [0.25, 0.3) is 0 Å². The van der Waals surface area contributed by atoms with Crippen molar-refractivity contribution >= 4 is 32.8 Å². The minimum absolute atomic E-state index is 0.290. The molecule has 1 heterocycles. The van der Waals surface area contributed by atoms with Crippen molar-refractivity contribution in [3.05, 3.63) is 27.9 Å². The first-order valence-corrected chi connectivity index (χ1v) is 6.74. The van der Waals surface area contributed by atoms with Gasteiger partial charge in [0, 0.05) is 16.4 Å². The van der Waals surface area contributed by atoms with E-state index in [4.69, 9.17) is 0 Å². The quantitative estimate of drug-likeness (QED) is 0.937. The number of fused-ring (bicyclic) bond motifs is 1. The van der Waals surface area contributed by atoms with Gasteiger partial charge in [-0.3, -0.25) is 4.68 Å². The van der Waals surface area contributed by atoms with E-state index < -0.39 is 5.97 Å². The van der Waals surface area contributed by atoms with Crippen LogP contribution >= 0.6 is 15.9 Å². The molecule has 1 aromatic carbocycles. The molecule has 0 unspecified atom stereocenters. The standard InChI is InChI=1S/C13H16BrN3O2/c1-8-12-10(13(18)19)6-9(14)7-11(12)17(15-8)5-4-16(2)3/h6-7H,4-5H2,1-3H3,(H,18,19). The summed E-state index contributed by atoms with van der Waals surface area (Å²) in [5.74, 6) is -0.929. The van der Waals surface area contributed by atoms with Crippen LogP contribution in [0.3, 0.4) is 0 Å². The molecule has 0 spiro atoms. The topological polar surface area (TPSA) is 58.4 Å². The normalized spacial score (nSPS) is 11.4. The fourth-order valence-electron chi connectivity index (χ4n) is 2.10. The van der Waals surface area contributed by atoms with Gasteiger partial charge in [0.2, 0.25) is 0 Å². The number of nitrogens with zero attached hydrogens (tertiary/aromatic N) is 3. The summed E-state index contributed by atoms with van der Waals surface area (Å²) in [5.41, 5.74) is 1.89. The number of benzene rings is 1. The molecule has 0 aliphatic heterocycles. The van der Waals surface area contributed by atoms with Crippen molar-refractivity contribution in [3.8, 4) is 0 Å². The first-order chi connectivity index (χ1) is 8.90. The second-order valence-corrected chi connectivity index (χ2v) is 5.68. The van der Waals surface area contributed by atoms with Crippen molar-refractivity contribution in [2.45, 2.75) is 13.5 Å². The molecule has 5 nitrogen and oxygen atoms in total. The lowest BCUT2D eigenvalue weighted by Crippen LogP contribution is -2.19. The van der Waals surface area contributed by atoms with Gasteiger partial charge in [0.1, 0.15) is 0 Å². The first-order valence-electron chi connectivity index (χ1n) is 5.95. The number of likely N-dealkylation sites (N-methyl/N-ethyl adjacent to an activating group) is 1. The molecular weight excluding hydrogens is 310 g/mol. The van der Waals surface area contributed by atoms with Crippen LogP contribution in [0.2, 0.25) is 0 Å². The summed E-state index contributed by atoms with van der Waals surface area (Å²) >= 11 is 3.36. The number of carbonyl (C=O) groups is 1. The molecule has 0 saturated heterocycles. The van der Waals surface area contributed by atoms with Crippen molar-refractivity contribution in [3.63, 3.8) is 0 Å². The number of carboxylic acids is 1. The highest BCUT2D eigenvalue weighted by atomic mass is 79.9. The third-order valence-corrected chi connectivity index (χ3v) is 3.44. The average molecular weight is 326 g/mol. The van der Waals surface area contributed by atoms with Gasteiger partial charge in [-0.2, -0.15) is 5.10 Å². The van der Waals surface area contributed by atoms with Crippen LogP contribution in [0.1, 0.15) is 16.1 Å². The van der Waals surface area contributed by atoms with Crippen LogP contribution in [0.5, 0.6) is 0 Å². The van der Waals surface area contributed by atoms with Gasteiger partial charge in [-0.25, -0.2) is 4.79 Å². The summed E-state index contributed by atoms with van der Waals surface area (Å²) in [4.78, 5) is 13.4. The third kappa shape index (κ3) is 2.79. The van der Waals surface area contributed by atoms with E-state index in [1.54, 1.807) is 6.07 Å². The summed E-state index contributed by atoms with van der Waals surface area (Å²) in [7, 11) is 3.99. The molecule has 0 radical (unpaired) electrons. The molecule has 0 aliphatic rings. The van der Waals surface area contributed by atoms with Crippen molar-refractivity contribution in [1.82, 2.24) is 14.7 Å². The van der Waals surface area contributed by atoms with Gasteiger partial charge >= 0.3 is 5.97 Å². The molecule has 0 amide bonds. The van der Waals surface area contributed by atoms with Gasteiger partial charge in [0.05, 0.1) is 23.3 Å². The maximum atomic E-state index is 11.3. The van der Waals surface area contributed by atoms with Crippen molar-refractivity contribution in [2.75, 3.05) is 20.6 Å². The van der Waals surface area contributed by atoms with Crippen molar-refractivity contribution in [2.24, 2.45) is 0 Å². The van der Waals surface area contributed by atoms with Crippen LogP contribution in [0.25, 0.3) is 10.9 Å². The maximum absolute atomic E-state index is 11.3. The molecule has 6 heteroatoms. The summed E-state index contributed by atoms with van der Waals surface area (Å²) in [6.45, 7) is 3.42. The molecule has 1 N–H and O–H groups in total. The predicted octanol–water partition coefficient (Wildman–Crippen LogP) is 2.37. The Labute approximate surface area is 119 Å². The van der Waals surface area contributed by atoms with E-state index >= 15 is 0 Å². The predicted molar refractivity (Wildman–Crippen MR) is 77.7 cm³/mol. The first kappa shape index (κ1) is 14.0. The molecule has 2 aromatic rings. The van der Waals surface area contributed by atoms with Crippen LogP contribution in [0.4, 0.5) is 0 Å². The molecular formula is C13H16BrN3O2. The lowest BCUT2D eigenvalue weighted by atomic mass is 10.1. The fraction of sp³-hybridized carbons (Fsp3) is 0.385. The summed E-state index contributed by atoms with van der Waals surface area (Å²) in [5, 5.41) is 14.5. The Morgan fingerprint density at radius 3 is 2.74 bits per heavy atom. The van der Waals surface area contributed by atoms with E-state index in [1.165, 1.54) is 0 Å². The number of halogens is 1. The van der Waals surface area contributed by atoms with Gasteiger partial charge in [0.15, 0.2) is 0 Å². The van der Waals surface area contributed by atoms with Crippen LogP contribution in [-0.2, 0) is 6.54 Å². The zero-order valence-electron chi connectivity index (χ0n) is 11.1. The zero-order chi connectivity index (χ0) is 14.2. The SMILES string of the molecule is Cc1nn(CCN(C)C)c2cc(Br)cc(C(=O)O)c12. The van der Waals surface area contributed by atoms with Crippen molar-refractivity contribution < 1.29 is 9.90 Å². The summed E-state index contributed by atoms with van der Waals surface area (Å²) < 4.78 is 2.62. The molecule has 0 fully saturated rings. The molecule has 0 aliphatic carbocycles. The highest BCUT2D eigenvalue weighted by Crippen LogP contribution is 2.27. The van der Waals surface area contributed by atoms with Crippen LogP contribution in [0, 0.1) is 6.92 Å².